The van der Waals surface area contributed by atoms with E-state index in [0.717, 1.165) is 17.8 Å². The molecule has 0 spiro atoms. The number of aromatic nitrogens is 4. The van der Waals surface area contributed by atoms with E-state index in [-0.39, 0.29) is 23.8 Å². The number of amides is 2. The quantitative estimate of drug-likeness (QED) is 0.881. The molecule has 3 heterocycles. The fourth-order valence-electron chi connectivity index (χ4n) is 3.68. The molecule has 0 unspecified atom stereocenters. The SMILES string of the molecule is CCc1cc(NC(=O)[C@H]2CCC(=O)N(CC)[C@@H]2c2ccnn2C)n(C)n1. The first-order valence-electron chi connectivity index (χ1n) is 9.07. The second-order valence-electron chi connectivity index (χ2n) is 6.64. The third kappa shape index (κ3) is 3.23. The number of nitrogens with zero attached hydrogens (tertiary/aromatic N) is 5. The van der Waals surface area contributed by atoms with Crippen LogP contribution in [0.2, 0.25) is 0 Å². The van der Waals surface area contributed by atoms with E-state index >= 15 is 0 Å². The summed E-state index contributed by atoms with van der Waals surface area (Å²) in [6.45, 7) is 4.53. The number of rotatable bonds is 5. The number of anilines is 1. The summed E-state index contributed by atoms with van der Waals surface area (Å²) in [5.74, 6) is 0.336. The van der Waals surface area contributed by atoms with Gasteiger partial charge in [0.2, 0.25) is 11.8 Å². The van der Waals surface area contributed by atoms with Crippen molar-refractivity contribution in [2.45, 2.75) is 39.2 Å². The van der Waals surface area contributed by atoms with Crippen LogP contribution < -0.4 is 5.32 Å². The number of nitrogens with one attached hydrogen (secondary N) is 1. The van der Waals surface area contributed by atoms with Gasteiger partial charge in [-0.1, -0.05) is 6.92 Å². The topological polar surface area (TPSA) is 85.0 Å². The lowest BCUT2D eigenvalue weighted by Gasteiger charge is -2.39. The predicted octanol–water partition coefficient (Wildman–Crippen LogP) is 1.65. The number of carbonyl (C=O) groups excluding carboxylic acids is 2. The van der Waals surface area contributed by atoms with Gasteiger partial charge in [-0.25, -0.2) is 0 Å². The van der Waals surface area contributed by atoms with E-state index in [1.807, 2.05) is 40.1 Å². The Hall–Kier alpha value is -2.64. The van der Waals surface area contributed by atoms with Crippen LogP contribution in [-0.2, 0) is 30.1 Å². The Kier molecular flexibility index (Phi) is 5.11. The van der Waals surface area contributed by atoms with Crippen LogP contribution in [0.5, 0.6) is 0 Å². The molecule has 2 aromatic heterocycles. The van der Waals surface area contributed by atoms with Crippen molar-refractivity contribution in [2.24, 2.45) is 20.0 Å². The molecule has 2 amide bonds. The summed E-state index contributed by atoms with van der Waals surface area (Å²) in [6.07, 6.45) is 3.41. The molecule has 1 aliphatic rings. The van der Waals surface area contributed by atoms with Crippen LogP contribution in [0.4, 0.5) is 5.82 Å². The van der Waals surface area contributed by atoms with Crippen molar-refractivity contribution in [2.75, 3.05) is 11.9 Å². The van der Waals surface area contributed by atoms with Gasteiger partial charge in [0, 0.05) is 39.3 Å². The molecule has 2 aromatic rings. The van der Waals surface area contributed by atoms with E-state index in [1.54, 1.807) is 20.5 Å². The van der Waals surface area contributed by atoms with Gasteiger partial charge < -0.3 is 10.2 Å². The van der Waals surface area contributed by atoms with Crippen LogP contribution in [0.3, 0.4) is 0 Å². The van der Waals surface area contributed by atoms with Gasteiger partial charge in [-0.2, -0.15) is 10.2 Å². The van der Waals surface area contributed by atoms with Gasteiger partial charge in [-0.15, -0.1) is 0 Å². The van der Waals surface area contributed by atoms with Crippen molar-refractivity contribution < 1.29 is 9.59 Å². The maximum absolute atomic E-state index is 13.1. The highest BCUT2D eigenvalue weighted by Crippen LogP contribution is 2.37. The molecular weight excluding hydrogens is 332 g/mol. The molecule has 26 heavy (non-hydrogen) atoms. The average Bonchev–Trinajstić information content (AvgIpc) is 3.20. The third-order valence-corrected chi connectivity index (χ3v) is 5.09. The molecule has 2 atom stereocenters. The lowest BCUT2D eigenvalue weighted by molar-refractivity contribution is -0.142. The smallest absolute Gasteiger partial charge is 0.231 e. The number of carbonyl (C=O) groups is 2. The van der Waals surface area contributed by atoms with Gasteiger partial charge in [0.1, 0.15) is 5.82 Å². The minimum absolute atomic E-state index is 0.0801. The number of aryl methyl sites for hydroxylation is 3. The van der Waals surface area contributed by atoms with Crippen LogP contribution in [0.25, 0.3) is 0 Å². The van der Waals surface area contributed by atoms with E-state index < -0.39 is 0 Å². The zero-order valence-electron chi connectivity index (χ0n) is 15.8. The maximum atomic E-state index is 13.1. The predicted molar refractivity (Wildman–Crippen MR) is 97.3 cm³/mol. The zero-order chi connectivity index (χ0) is 18.8. The Balaban J connectivity index is 1.90. The molecule has 0 aromatic carbocycles. The Morgan fingerprint density at radius 1 is 1.31 bits per heavy atom. The van der Waals surface area contributed by atoms with Crippen LogP contribution >= 0.6 is 0 Å². The van der Waals surface area contributed by atoms with Gasteiger partial charge in [0.25, 0.3) is 0 Å². The van der Waals surface area contributed by atoms with Crippen molar-refractivity contribution in [1.82, 2.24) is 24.5 Å². The first-order valence-corrected chi connectivity index (χ1v) is 9.07. The van der Waals surface area contributed by atoms with Crippen LogP contribution in [0.1, 0.15) is 44.1 Å². The third-order valence-electron chi connectivity index (χ3n) is 5.09. The molecule has 140 valence electrons. The maximum Gasteiger partial charge on any atom is 0.231 e. The van der Waals surface area contributed by atoms with Gasteiger partial charge in [0.15, 0.2) is 0 Å². The van der Waals surface area contributed by atoms with E-state index in [1.165, 1.54) is 0 Å². The number of piperidine rings is 1. The first-order chi connectivity index (χ1) is 12.5. The molecule has 0 saturated carbocycles. The van der Waals surface area contributed by atoms with Crippen molar-refractivity contribution in [3.05, 3.63) is 29.7 Å². The van der Waals surface area contributed by atoms with Crippen LogP contribution in [0, 0.1) is 5.92 Å². The molecular formula is C18H26N6O2. The minimum atomic E-state index is -0.331. The highest BCUT2D eigenvalue weighted by Gasteiger charge is 2.41. The summed E-state index contributed by atoms with van der Waals surface area (Å²) >= 11 is 0. The normalized spacial score (nSPS) is 20.5. The molecule has 8 nitrogen and oxygen atoms in total. The highest BCUT2D eigenvalue weighted by molar-refractivity contribution is 5.94. The second kappa shape index (κ2) is 7.31. The summed E-state index contributed by atoms with van der Waals surface area (Å²) in [6, 6.07) is 3.46. The van der Waals surface area contributed by atoms with Gasteiger partial charge >= 0.3 is 0 Å². The second-order valence-corrected chi connectivity index (χ2v) is 6.64. The number of hydrogen-bond acceptors (Lipinski definition) is 4. The Morgan fingerprint density at radius 2 is 2.08 bits per heavy atom. The van der Waals surface area contributed by atoms with Crippen molar-refractivity contribution >= 4 is 17.6 Å². The summed E-state index contributed by atoms with van der Waals surface area (Å²) in [5, 5.41) is 11.6. The minimum Gasteiger partial charge on any atom is -0.334 e. The van der Waals surface area contributed by atoms with E-state index in [4.69, 9.17) is 0 Å². The zero-order valence-corrected chi connectivity index (χ0v) is 15.8. The average molecular weight is 358 g/mol. The van der Waals surface area contributed by atoms with Crippen molar-refractivity contribution in [3.8, 4) is 0 Å². The Morgan fingerprint density at radius 3 is 2.65 bits per heavy atom. The Labute approximate surface area is 153 Å². The van der Waals surface area contributed by atoms with E-state index in [9.17, 15) is 9.59 Å². The molecule has 8 heteroatoms. The lowest BCUT2D eigenvalue weighted by atomic mass is 9.85. The van der Waals surface area contributed by atoms with Crippen molar-refractivity contribution in [1.29, 1.82) is 0 Å². The first kappa shape index (κ1) is 18.2. The number of likely N-dealkylation sites (tertiary alicyclic amines) is 1. The number of hydrogen-bond donors (Lipinski definition) is 1. The fourth-order valence-corrected chi connectivity index (χ4v) is 3.68. The van der Waals surface area contributed by atoms with Gasteiger partial charge in [-0.05, 0) is 25.8 Å². The largest absolute Gasteiger partial charge is 0.334 e. The summed E-state index contributed by atoms with van der Waals surface area (Å²) < 4.78 is 3.42. The van der Waals surface area contributed by atoms with Gasteiger partial charge in [-0.3, -0.25) is 19.0 Å². The highest BCUT2D eigenvalue weighted by atomic mass is 16.2. The summed E-state index contributed by atoms with van der Waals surface area (Å²) in [4.78, 5) is 27.3. The Bertz CT molecular complexity index is 808. The van der Waals surface area contributed by atoms with Crippen LogP contribution in [0.15, 0.2) is 18.3 Å². The summed E-state index contributed by atoms with van der Waals surface area (Å²) in [5.41, 5.74) is 1.80. The van der Waals surface area contributed by atoms with Gasteiger partial charge in [0.05, 0.1) is 23.3 Å². The molecule has 0 bridgehead atoms. The molecule has 0 aliphatic carbocycles. The molecule has 1 aliphatic heterocycles. The molecule has 0 radical (unpaired) electrons. The molecule has 3 rings (SSSR count). The molecule has 1 fully saturated rings. The standard InChI is InChI=1S/C18H26N6O2/c1-5-12-11-15(23(4)21-12)20-18(26)13-7-8-16(25)24(6-2)17(13)14-9-10-19-22(14)3/h9-11,13,17H,5-8H2,1-4H3,(H,20,26)/t13-,17-/m0/s1. The molecule has 1 saturated heterocycles. The monoisotopic (exact) mass is 358 g/mol. The summed E-state index contributed by atoms with van der Waals surface area (Å²) in [7, 11) is 3.65. The fraction of sp³-hybridized carbons (Fsp3) is 0.556. The molecule has 1 N–H and O–H groups in total. The van der Waals surface area contributed by atoms with Crippen LogP contribution in [-0.4, -0.2) is 42.8 Å². The lowest BCUT2D eigenvalue weighted by Crippen LogP contribution is -2.47. The van der Waals surface area contributed by atoms with Crippen molar-refractivity contribution in [3.63, 3.8) is 0 Å². The van der Waals surface area contributed by atoms with E-state index in [2.05, 4.69) is 15.5 Å². The van der Waals surface area contributed by atoms with E-state index in [0.29, 0.717) is 25.2 Å².